The number of hydrogen-bond acceptors (Lipinski definition) is 3. The predicted molar refractivity (Wildman–Crippen MR) is 90.0 cm³/mol. The molecule has 0 amide bonds. The average molecular weight is 306 g/mol. The van der Waals surface area contributed by atoms with E-state index < -0.39 is 0 Å². The normalized spacial score (nSPS) is 13.1. The quantitative estimate of drug-likeness (QED) is 0.795. The van der Waals surface area contributed by atoms with E-state index in [9.17, 15) is 4.79 Å². The highest BCUT2D eigenvalue weighted by Crippen LogP contribution is 2.34. The third-order valence-corrected chi connectivity index (χ3v) is 3.66. The Morgan fingerprint density at radius 3 is 2.57 bits per heavy atom. The summed E-state index contributed by atoms with van der Waals surface area (Å²) in [5.74, 6) is 0.337. The zero-order valence-electron chi connectivity index (χ0n) is 13.2. The summed E-state index contributed by atoms with van der Waals surface area (Å²) in [7, 11) is 0. The van der Waals surface area contributed by atoms with Crippen molar-refractivity contribution in [3.63, 3.8) is 0 Å². The van der Waals surface area contributed by atoms with Crippen molar-refractivity contribution in [3.8, 4) is 5.75 Å². The van der Waals surface area contributed by atoms with E-state index in [4.69, 9.17) is 9.47 Å². The first-order valence-corrected chi connectivity index (χ1v) is 7.61. The fraction of sp³-hybridized carbons (Fsp3) is 0.150. The first-order chi connectivity index (χ1) is 11.2. The maximum Gasteiger partial charge on any atom is 0.341 e. The van der Waals surface area contributed by atoms with Gasteiger partial charge < -0.3 is 9.47 Å². The molecule has 0 fully saturated rings. The van der Waals surface area contributed by atoms with Crippen LogP contribution in [0, 0.1) is 6.92 Å². The van der Waals surface area contributed by atoms with E-state index >= 15 is 0 Å². The number of fused-ring (bicyclic) bond motifs is 1. The lowest BCUT2D eigenvalue weighted by molar-refractivity contribution is -0.138. The van der Waals surface area contributed by atoms with Gasteiger partial charge in [0.25, 0.3) is 0 Å². The predicted octanol–water partition coefficient (Wildman–Crippen LogP) is 4.27. The number of hydrogen-bond donors (Lipinski definition) is 0. The molecule has 0 saturated heterocycles. The monoisotopic (exact) mass is 306 g/mol. The van der Waals surface area contributed by atoms with Crippen LogP contribution in [0.2, 0.25) is 0 Å². The Hall–Kier alpha value is -2.81. The van der Waals surface area contributed by atoms with E-state index in [0.717, 1.165) is 22.4 Å². The maximum atomic E-state index is 12.1. The minimum atomic E-state index is -0.384. The molecule has 3 rings (SSSR count). The molecule has 0 aromatic heterocycles. The zero-order chi connectivity index (χ0) is 16.2. The summed E-state index contributed by atoms with van der Waals surface area (Å²) in [5.41, 5.74) is 4.51. The second-order valence-corrected chi connectivity index (χ2v) is 5.33. The van der Waals surface area contributed by atoms with Crippen molar-refractivity contribution in [1.82, 2.24) is 0 Å². The van der Waals surface area contributed by atoms with Gasteiger partial charge in [-0.25, -0.2) is 4.79 Å². The van der Waals surface area contributed by atoms with Gasteiger partial charge in [0.2, 0.25) is 0 Å². The smallest absolute Gasteiger partial charge is 0.341 e. The molecule has 0 radical (unpaired) electrons. The molecule has 2 aromatic rings. The van der Waals surface area contributed by atoms with Crippen LogP contribution in [-0.4, -0.2) is 12.6 Å². The van der Waals surface area contributed by atoms with Crippen LogP contribution in [0.4, 0.5) is 0 Å². The molecule has 0 spiro atoms. The van der Waals surface area contributed by atoms with Crippen molar-refractivity contribution >= 4 is 11.5 Å². The number of aryl methyl sites for hydroxylation is 1. The number of esters is 1. The van der Waals surface area contributed by atoms with E-state index in [2.05, 4.69) is 12.1 Å². The molecule has 0 aliphatic carbocycles. The Labute approximate surface area is 135 Å². The van der Waals surface area contributed by atoms with Gasteiger partial charge in [0, 0.05) is 5.56 Å². The van der Waals surface area contributed by atoms with Gasteiger partial charge in [-0.05, 0) is 37.1 Å². The van der Waals surface area contributed by atoms with Gasteiger partial charge >= 0.3 is 5.97 Å². The Morgan fingerprint density at radius 1 is 1.09 bits per heavy atom. The molecule has 23 heavy (non-hydrogen) atoms. The van der Waals surface area contributed by atoms with Crippen LogP contribution < -0.4 is 4.74 Å². The lowest BCUT2D eigenvalue weighted by atomic mass is 9.95. The molecule has 1 aliphatic heterocycles. The molecule has 0 unspecified atom stereocenters. The van der Waals surface area contributed by atoms with Crippen molar-refractivity contribution in [1.29, 1.82) is 0 Å². The van der Waals surface area contributed by atoms with Gasteiger partial charge in [0.15, 0.2) is 0 Å². The van der Waals surface area contributed by atoms with Crippen LogP contribution in [-0.2, 0) is 9.53 Å². The Kier molecular flexibility index (Phi) is 4.29. The van der Waals surface area contributed by atoms with Crippen LogP contribution >= 0.6 is 0 Å². The SMILES string of the molecule is CCOC(=O)C1=COc2ccccc2C(c2ccc(C)cc2)=C1. The number of carbonyl (C=O) groups excluding carboxylic acids is 1. The van der Waals surface area contributed by atoms with Crippen LogP contribution in [0.5, 0.6) is 5.75 Å². The standard InChI is InChI=1S/C20H18O3/c1-3-22-20(21)16-12-18(15-10-8-14(2)9-11-15)17-6-4-5-7-19(17)23-13-16/h4-13H,3H2,1-2H3. The summed E-state index contributed by atoms with van der Waals surface area (Å²) in [6.07, 6.45) is 3.28. The van der Waals surface area contributed by atoms with E-state index in [1.54, 1.807) is 6.92 Å². The van der Waals surface area contributed by atoms with Crippen LogP contribution in [0.25, 0.3) is 5.57 Å². The summed E-state index contributed by atoms with van der Waals surface area (Å²) in [5, 5.41) is 0. The highest BCUT2D eigenvalue weighted by atomic mass is 16.5. The minimum absolute atomic E-state index is 0.330. The number of ether oxygens (including phenoxy) is 2. The topological polar surface area (TPSA) is 35.5 Å². The van der Waals surface area contributed by atoms with Gasteiger partial charge in [-0.15, -0.1) is 0 Å². The number of para-hydroxylation sites is 1. The molecule has 1 heterocycles. The van der Waals surface area contributed by atoms with Crippen molar-refractivity contribution in [2.75, 3.05) is 6.61 Å². The van der Waals surface area contributed by atoms with Crippen molar-refractivity contribution in [2.45, 2.75) is 13.8 Å². The van der Waals surface area contributed by atoms with E-state index in [0.29, 0.717) is 12.2 Å². The summed E-state index contributed by atoms with van der Waals surface area (Å²) in [4.78, 5) is 12.1. The zero-order valence-corrected chi connectivity index (χ0v) is 13.2. The van der Waals surface area contributed by atoms with E-state index in [1.165, 1.54) is 11.8 Å². The van der Waals surface area contributed by atoms with Crippen molar-refractivity contribution < 1.29 is 14.3 Å². The molecular formula is C20H18O3. The first-order valence-electron chi connectivity index (χ1n) is 7.61. The first kappa shape index (κ1) is 15.1. The summed E-state index contributed by atoms with van der Waals surface area (Å²) in [6.45, 7) is 4.17. The van der Waals surface area contributed by atoms with Crippen molar-refractivity contribution in [3.05, 3.63) is 83.1 Å². The Balaban J connectivity index is 2.12. The number of carbonyl (C=O) groups is 1. The molecule has 2 aromatic carbocycles. The number of benzene rings is 2. The highest BCUT2D eigenvalue weighted by molar-refractivity contribution is 5.97. The lowest BCUT2D eigenvalue weighted by Gasteiger charge is -2.11. The number of rotatable bonds is 3. The van der Waals surface area contributed by atoms with Gasteiger partial charge in [-0.3, -0.25) is 0 Å². The summed E-state index contributed by atoms with van der Waals surface area (Å²) >= 11 is 0. The molecule has 0 bridgehead atoms. The molecule has 0 saturated carbocycles. The van der Waals surface area contributed by atoms with Gasteiger partial charge in [-0.2, -0.15) is 0 Å². The maximum absolute atomic E-state index is 12.1. The largest absolute Gasteiger partial charge is 0.463 e. The van der Waals surface area contributed by atoms with Crippen LogP contribution in [0.3, 0.4) is 0 Å². The fourth-order valence-corrected chi connectivity index (χ4v) is 2.48. The lowest BCUT2D eigenvalue weighted by Crippen LogP contribution is -2.06. The van der Waals surface area contributed by atoms with Gasteiger partial charge in [0.1, 0.15) is 12.0 Å². The van der Waals surface area contributed by atoms with Gasteiger partial charge in [0.05, 0.1) is 12.2 Å². The fourth-order valence-electron chi connectivity index (χ4n) is 2.48. The second kappa shape index (κ2) is 6.53. The van der Waals surface area contributed by atoms with Crippen LogP contribution in [0.1, 0.15) is 23.6 Å². The summed E-state index contributed by atoms with van der Waals surface area (Å²) < 4.78 is 10.8. The van der Waals surface area contributed by atoms with E-state index in [-0.39, 0.29) is 5.97 Å². The molecular weight excluding hydrogens is 288 g/mol. The molecule has 116 valence electrons. The third kappa shape index (κ3) is 3.19. The summed E-state index contributed by atoms with van der Waals surface area (Å²) in [6, 6.07) is 16.0. The second-order valence-electron chi connectivity index (χ2n) is 5.33. The third-order valence-electron chi connectivity index (χ3n) is 3.66. The molecule has 0 atom stereocenters. The minimum Gasteiger partial charge on any atom is -0.463 e. The molecule has 3 heteroatoms. The van der Waals surface area contributed by atoms with E-state index in [1.807, 2.05) is 49.4 Å². The molecule has 0 N–H and O–H groups in total. The van der Waals surface area contributed by atoms with Crippen molar-refractivity contribution in [2.24, 2.45) is 0 Å². The Morgan fingerprint density at radius 2 is 1.83 bits per heavy atom. The van der Waals surface area contributed by atoms with Gasteiger partial charge in [-0.1, -0.05) is 48.0 Å². The Bertz CT molecular complexity index is 783. The molecule has 1 aliphatic rings. The van der Waals surface area contributed by atoms with Crippen LogP contribution in [0.15, 0.2) is 66.4 Å². The highest BCUT2D eigenvalue weighted by Gasteiger charge is 2.18. The average Bonchev–Trinajstić information content (AvgIpc) is 2.76. The molecule has 3 nitrogen and oxygen atoms in total.